The zero-order valence-electron chi connectivity index (χ0n) is 13.2. The Labute approximate surface area is 162 Å². The molecule has 0 spiro atoms. The molecule has 0 aliphatic carbocycles. The summed E-state index contributed by atoms with van der Waals surface area (Å²) >= 11 is 4.41. The summed E-state index contributed by atoms with van der Waals surface area (Å²) < 4.78 is 9.08. The smallest absolute Gasteiger partial charge is 0.254 e. The molecule has 0 amide bonds. The maximum atomic E-state index is 7.59. The van der Waals surface area contributed by atoms with Crippen molar-refractivity contribution < 1.29 is 4.74 Å². The van der Waals surface area contributed by atoms with Gasteiger partial charge in [-0.3, -0.25) is 0 Å². The van der Waals surface area contributed by atoms with Gasteiger partial charge in [0, 0.05) is 43.0 Å². The molecule has 8 heteroatoms. The maximum absolute atomic E-state index is 7.59. The van der Waals surface area contributed by atoms with Gasteiger partial charge in [-0.05, 0) is 35.6 Å². The summed E-state index contributed by atoms with van der Waals surface area (Å²) in [5.74, 6) is 0.881. The van der Waals surface area contributed by atoms with Crippen LogP contribution in [0.25, 0.3) is 10.4 Å². The van der Waals surface area contributed by atoms with E-state index in [0.717, 1.165) is 31.0 Å². The van der Waals surface area contributed by atoms with Crippen LogP contribution in [0, 0.1) is 14.1 Å². The fourth-order valence-electron chi connectivity index (χ4n) is 2.74. The van der Waals surface area contributed by atoms with Crippen LogP contribution < -0.4 is 4.90 Å². The number of morpholine rings is 1. The molecule has 2 aromatic rings. The predicted octanol–water partition coefficient (Wildman–Crippen LogP) is 3.32. The summed E-state index contributed by atoms with van der Waals surface area (Å²) in [7, 11) is 0. The summed E-state index contributed by atoms with van der Waals surface area (Å²) in [6.07, 6.45) is 0. The van der Waals surface area contributed by atoms with Crippen molar-refractivity contribution in [2.24, 2.45) is 0 Å². The Kier molecular flexibility index (Phi) is 4.72. The average molecular weight is 537 g/mol. The Hall–Kier alpha value is -0.670. The highest BCUT2D eigenvalue weighted by Crippen LogP contribution is 2.34. The predicted molar refractivity (Wildman–Crippen MR) is 106 cm³/mol. The summed E-state index contributed by atoms with van der Waals surface area (Å²) in [6, 6.07) is 2.31. The highest BCUT2D eigenvalue weighted by molar-refractivity contribution is 14.1. The summed E-state index contributed by atoms with van der Waals surface area (Å²) in [6.45, 7) is 15.8. The van der Waals surface area contributed by atoms with E-state index in [9.17, 15) is 0 Å². The molecule has 1 atom stereocenters. The van der Waals surface area contributed by atoms with E-state index in [2.05, 4.69) is 72.9 Å². The van der Waals surface area contributed by atoms with Crippen molar-refractivity contribution in [1.82, 2.24) is 14.6 Å². The topological polar surface area (TPSA) is 47.0 Å². The molecule has 1 aliphatic rings. The van der Waals surface area contributed by atoms with Gasteiger partial charge in [0.1, 0.15) is 9.22 Å². The molecule has 122 valence electrons. The number of halogens is 2. The molecule has 1 aliphatic heterocycles. The fourth-order valence-corrected chi connectivity index (χ4v) is 4.54. The van der Waals surface area contributed by atoms with Gasteiger partial charge in [0.15, 0.2) is 9.65 Å². The Morgan fingerprint density at radius 1 is 1.43 bits per heavy atom. The van der Waals surface area contributed by atoms with Crippen LogP contribution in [0.1, 0.15) is 26.3 Å². The number of aromatic nitrogens is 3. The van der Waals surface area contributed by atoms with Crippen molar-refractivity contribution in [2.45, 2.75) is 32.4 Å². The van der Waals surface area contributed by atoms with Gasteiger partial charge in [0.05, 0.1) is 24.8 Å². The van der Waals surface area contributed by atoms with Gasteiger partial charge in [0.2, 0.25) is 0 Å². The van der Waals surface area contributed by atoms with Crippen LogP contribution >= 0.6 is 45.2 Å². The molecule has 0 radical (unpaired) electrons. The monoisotopic (exact) mass is 537 g/mol. The lowest BCUT2D eigenvalue weighted by molar-refractivity contribution is 0.0984. The second-order valence-electron chi connectivity index (χ2n) is 6.14. The van der Waals surface area contributed by atoms with Crippen molar-refractivity contribution >= 4 is 56.5 Å². The minimum absolute atomic E-state index is 0.262. The van der Waals surface area contributed by atoms with Crippen molar-refractivity contribution in [3.8, 4) is 0 Å². The molecule has 0 saturated carbocycles. The van der Waals surface area contributed by atoms with E-state index < -0.39 is 5.54 Å². The van der Waals surface area contributed by atoms with Crippen molar-refractivity contribution in [1.29, 1.82) is 0 Å². The molecule has 0 aromatic carbocycles. The van der Waals surface area contributed by atoms with Crippen molar-refractivity contribution in [3.63, 3.8) is 0 Å². The Morgan fingerprint density at radius 3 is 2.83 bits per heavy atom. The highest BCUT2D eigenvalue weighted by Gasteiger charge is 2.33. The molecule has 0 N–H and O–H groups in total. The van der Waals surface area contributed by atoms with Crippen LogP contribution in [0.2, 0.25) is 0 Å². The van der Waals surface area contributed by atoms with Crippen LogP contribution in [-0.2, 0) is 10.3 Å². The number of nitrogens with zero attached hydrogens (tertiary/aromatic N) is 5. The van der Waals surface area contributed by atoms with Crippen LogP contribution in [0.15, 0.2) is 6.07 Å². The van der Waals surface area contributed by atoms with Crippen LogP contribution in [-0.4, -0.2) is 40.4 Å². The molecule has 23 heavy (non-hydrogen) atoms. The second kappa shape index (κ2) is 6.33. The summed E-state index contributed by atoms with van der Waals surface area (Å²) in [5.41, 5.74) is 1.27. The first kappa shape index (κ1) is 17.2. The van der Waals surface area contributed by atoms with E-state index in [1.165, 1.54) is 0 Å². The molecule has 3 rings (SSSR count). The molecular formula is C15H17I2N5O. The van der Waals surface area contributed by atoms with E-state index in [0.29, 0.717) is 13.2 Å². The van der Waals surface area contributed by atoms with E-state index in [-0.39, 0.29) is 6.04 Å². The van der Waals surface area contributed by atoms with E-state index in [1.807, 2.05) is 18.4 Å². The summed E-state index contributed by atoms with van der Waals surface area (Å²) in [5, 5.41) is 4.79. The third-order valence-electron chi connectivity index (χ3n) is 4.10. The van der Waals surface area contributed by atoms with Gasteiger partial charge in [0.25, 0.3) is 5.54 Å². The lowest BCUT2D eigenvalue weighted by atomic mass is 9.95. The largest absolute Gasteiger partial charge is 0.377 e. The number of ether oxygens (including phenoxy) is 1. The molecule has 0 bridgehead atoms. The third-order valence-corrected chi connectivity index (χ3v) is 5.55. The SMILES string of the molecule is [C-]#[N+]C(C)(C)c1cc(N2CCOC[C@H]2C)nn2c(I)nc(I)c12. The number of anilines is 1. The molecular weight excluding hydrogens is 520 g/mol. The molecule has 1 saturated heterocycles. The summed E-state index contributed by atoms with van der Waals surface area (Å²) in [4.78, 5) is 10.6. The van der Waals surface area contributed by atoms with E-state index in [1.54, 1.807) is 0 Å². The Bertz CT molecular complexity index is 795. The van der Waals surface area contributed by atoms with Gasteiger partial charge in [-0.2, -0.15) is 0 Å². The lowest BCUT2D eigenvalue weighted by Gasteiger charge is -2.34. The van der Waals surface area contributed by atoms with Gasteiger partial charge in [-0.15, -0.1) is 5.10 Å². The van der Waals surface area contributed by atoms with Gasteiger partial charge < -0.3 is 14.5 Å². The highest BCUT2D eigenvalue weighted by atomic mass is 127. The van der Waals surface area contributed by atoms with Gasteiger partial charge >= 0.3 is 0 Å². The lowest BCUT2D eigenvalue weighted by Crippen LogP contribution is -2.44. The quantitative estimate of drug-likeness (QED) is 0.436. The minimum atomic E-state index is -0.627. The van der Waals surface area contributed by atoms with E-state index in [4.69, 9.17) is 16.4 Å². The van der Waals surface area contributed by atoms with Gasteiger partial charge in [-0.25, -0.2) is 16.1 Å². The van der Waals surface area contributed by atoms with Crippen LogP contribution in [0.3, 0.4) is 0 Å². The fraction of sp³-hybridized carbons (Fsp3) is 0.533. The zero-order valence-corrected chi connectivity index (χ0v) is 17.5. The third kappa shape index (κ3) is 3.02. The zero-order chi connectivity index (χ0) is 16.8. The van der Waals surface area contributed by atoms with Crippen LogP contribution in [0.4, 0.5) is 5.82 Å². The number of imidazole rings is 1. The van der Waals surface area contributed by atoms with E-state index >= 15 is 0 Å². The second-order valence-corrected chi connectivity index (χ2v) is 8.12. The first-order valence-electron chi connectivity index (χ1n) is 7.33. The molecule has 0 unspecified atom stereocenters. The van der Waals surface area contributed by atoms with Crippen molar-refractivity contribution in [2.75, 3.05) is 24.7 Å². The Morgan fingerprint density at radius 2 is 2.17 bits per heavy atom. The average Bonchev–Trinajstić information content (AvgIpc) is 2.81. The van der Waals surface area contributed by atoms with Crippen LogP contribution in [0.5, 0.6) is 0 Å². The number of fused-ring (bicyclic) bond motifs is 1. The van der Waals surface area contributed by atoms with Crippen molar-refractivity contribution in [3.05, 3.63) is 30.6 Å². The number of rotatable bonds is 2. The standard InChI is InChI=1S/C15H17I2N5O/c1-9-8-23-6-5-21(9)11-7-10(15(2,3)18-4)12-13(16)19-14(17)22(12)20-11/h7,9H,5-6,8H2,1-3H3/t9-/m1/s1. The number of hydrogen-bond acceptors (Lipinski definition) is 4. The molecule has 3 heterocycles. The normalized spacial score (nSPS) is 19.1. The molecule has 6 nitrogen and oxygen atoms in total. The maximum Gasteiger partial charge on any atom is 0.254 e. The Balaban J connectivity index is 2.25. The molecule has 2 aromatic heterocycles. The minimum Gasteiger partial charge on any atom is -0.377 e. The number of hydrogen-bond donors (Lipinski definition) is 0. The first-order valence-corrected chi connectivity index (χ1v) is 9.49. The molecule has 1 fully saturated rings. The van der Waals surface area contributed by atoms with Gasteiger partial charge in [-0.1, -0.05) is 0 Å². The first-order chi connectivity index (χ1) is 10.8.